The van der Waals surface area contributed by atoms with Crippen LogP contribution in [0.5, 0.6) is 0 Å². The summed E-state index contributed by atoms with van der Waals surface area (Å²) >= 11 is 0. The minimum Gasteiger partial charge on any atom is -0.372 e. The molecule has 1 aliphatic heterocycles. The summed E-state index contributed by atoms with van der Waals surface area (Å²) in [5.41, 5.74) is -2.00. The second-order valence-electron chi connectivity index (χ2n) is 4.61. The number of morpholine rings is 1. The fraction of sp³-hybridized carbons (Fsp3) is 0.636. The molecule has 0 spiro atoms. The molecule has 5 nitrogen and oxygen atoms in total. The fourth-order valence-electron chi connectivity index (χ4n) is 2.09. The number of H-pyrrole nitrogens is 1. The normalized spacial score (nSPS) is 24.6. The van der Waals surface area contributed by atoms with Crippen LogP contribution in [-0.4, -0.2) is 35.3 Å². The van der Waals surface area contributed by atoms with Crippen molar-refractivity contribution in [3.8, 4) is 0 Å². The molecule has 0 saturated carbocycles. The Labute approximate surface area is 107 Å². The Morgan fingerprint density at radius 2 is 1.95 bits per heavy atom. The van der Waals surface area contributed by atoms with Crippen molar-refractivity contribution >= 4 is 5.95 Å². The lowest BCUT2D eigenvalue weighted by molar-refractivity contribution is -0.141. The van der Waals surface area contributed by atoms with Gasteiger partial charge in [0.15, 0.2) is 5.69 Å². The standard InChI is InChI=1S/C11H14F3N3O2/c1-6-4-17(5-7(2)19-6)10-15-8(11(12,13)14)3-9(18)16-10/h3,6-7H,4-5H2,1-2H3,(H,15,16,18). The van der Waals surface area contributed by atoms with Gasteiger partial charge in [0, 0.05) is 19.2 Å². The van der Waals surface area contributed by atoms with E-state index in [9.17, 15) is 18.0 Å². The number of hydrogen-bond acceptors (Lipinski definition) is 4. The molecule has 1 saturated heterocycles. The zero-order valence-electron chi connectivity index (χ0n) is 10.5. The minimum absolute atomic E-state index is 0.0678. The SMILES string of the molecule is CC1CN(c2nc(C(F)(F)F)cc(=O)[nH]2)CC(C)O1. The van der Waals surface area contributed by atoms with Crippen molar-refractivity contribution in [1.82, 2.24) is 9.97 Å². The van der Waals surface area contributed by atoms with Crippen molar-refractivity contribution in [2.24, 2.45) is 0 Å². The molecule has 1 fully saturated rings. The molecule has 8 heteroatoms. The van der Waals surface area contributed by atoms with Crippen LogP contribution in [0.1, 0.15) is 19.5 Å². The Hall–Kier alpha value is -1.57. The number of halogens is 3. The van der Waals surface area contributed by atoms with E-state index in [1.54, 1.807) is 4.90 Å². The predicted octanol–water partition coefficient (Wildman–Crippen LogP) is 1.40. The highest BCUT2D eigenvalue weighted by molar-refractivity contribution is 5.32. The number of rotatable bonds is 1. The minimum atomic E-state index is -4.63. The van der Waals surface area contributed by atoms with Gasteiger partial charge in [-0.05, 0) is 13.8 Å². The maximum Gasteiger partial charge on any atom is 0.433 e. The lowest BCUT2D eigenvalue weighted by Gasteiger charge is -2.35. The summed E-state index contributed by atoms with van der Waals surface area (Å²) in [7, 11) is 0. The van der Waals surface area contributed by atoms with Gasteiger partial charge in [-0.1, -0.05) is 0 Å². The largest absolute Gasteiger partial charge is 0.433 e. The molecule has 1 aromatic heterocycles. The first kappa shape index (κ1) is 13.9. The number of nitrogens with zero attached hydrogens (tertiary/aromatic N) is 2. The van der Waals surface area contributed by atoms with Gasteiger partial charge in [-0.15, -0.1) is 0 Å². The highest BCUT2D eigenvalue weighted by Gasteiger charge is 2.34. The predicted molar refractivity (Wildman–Crippen MR) is 62.1 cm³/mol. The number of hydrogen-bond donors (Lipinski definition) is 1. The maximum absolute atomic E-state index is 12.6. The first-order chi connectivity index (χ1) is 8.75. The van der Waals surface area contributed by atoms with Crippen LogP contribution >= 0.6 is 0 Å². The molecule has 0 bridgehead atoms. The summed E-state index contributed by atoms with van der Waals surface area (Å²) < 4.78 is 43.3. The average Bonchev–Trinajstić information content (AvgIpc) is 2.25. The van der Waals surface area contributed by atoms with Gasteiger partial charge in [-0.3, -0.25) is 9.78 Å². The van der Waals surface area contributed by atoms with Crippen molar-refractivity contribution < 1.29 is 17.9 Å². The molecule has 1 N–H and O–H groups in total. The molecule has 2 rings (SSSR count). The molecule has 106 valence electrons. The topological polar surface area (TPSA) is 58.2 Å². The lowest BCUT2D eigenvalue weighted by Crippen LogP contribution is -2.46. The number of aromatic amines is 1. The summed E-state index contributed by atoms with van der Waals surface area (Å²) in [6, 6.07) is 0.455. The van der Waals surface area contributed by atoms with Crippen LogP contribution in [0, 0.1) is 0 Å². The summed E-state index contributed by atoms with van der Waals surface area (Å²) in [4.78, 5) is 18.7. The van der Waals surface area contributed by atoms with E-state index < -0.39 is 17.4 Å². The number of nitrogens with one attached hydrogen (secondary N) is 1. The van der Waals surface area contributed by atoms with Crippen molar-refractivity contribution in [2.45, 2.75) is 32.2 Å². The number of anilines is 1. The molecule has 1 aliphatic rings. The zero-order valence-corrected chi connectivity index (χ0v) is 10.5. The highest BCUT2D eigenvalue weighted by atomic mass is 19.4. The smallest absolute Gasteiger partial charge is 0.372 e. The third-order valence-electron chi connectivity index (χ3n) is 2.74. The van der Waals surface area contributed by atoms with Gasteiger partial charge >= 0.3 is 6.18 Å². The summed E-state index contributed by atoms with van der Waals surface area (Å²) in [6.45, 7) is 4.39. The molecule has 0 amide bonds. The molecule has 0 aromatic carbocycles. The van der Waals surface area contributed by atoms with Crippen LogP contribution in [0.3, 0.4) is 0 Å². The van der Waals surface area contributed by atoms with Gasteiger partial charge in [0.1, 0.15) is 0 Å². The molecular formula is C11H14F3N3O2. The van der Waals surface area contributed by atoms with E-state index in [0.29, 0.717) is 19.2 Å². The van der Waals surface area contributed by atoms with E-state index in [-0.39, 0.29) is 18.2 Å². The average molecular weight is 277 g/mol. The molecular weight excluding hydrogens is 263 g/mol. The van der Waals surface area contributed by atoms with Gasteiger partial charge < -0.3 is 9.64 Å². The molecule has 0 aliphatic carbocycles. The third-order valence-corrected chi connectivity index (χ3v) is 2.74. The maximum atomic E-state index is 12.6. The third kappa shape index (κ3) is 3.25. The molecule has 19 heavy (non-hydrogen) atoms. The van der Waals surface area contributed by atoms with Gasteiger partial charge in [0.25, 0.3) is 5.56 Å². The van der Waals surface area contributed by atoms with Crippen molar-refractivity contribution in [3.05, 3.63) is 22.1 Å². The van der Waals surface area contributed by atoms with Crippen molar-refractivity contribution in [1.29, 1.82) is 0 Å². The van der Waals surface area contributed by atoms with Gasteiger partial charge in [-0.25, -0.2) is 4.98 Å². The van der Waals surface area contributed by atoms with Crippen LogP contribution in [0.4, 0.5) is 19.1 Å². The molecule has 1 aromatic rings. The van der Waals surface area contributed by atoms with Gasteiger partial charge in [0.05, 0.1) is 12.2 Å². The zero-order chi connectivity index (χ0) is 14.2. The van der Waals surface area contributed by atoms with E-state index >= 15 is 0 Å². The Kier molecular flexibility index (Phi) is 3.53. The molecule has 2 atom stereocenters. The van der Waals surface area contributed by atoms with Crippen LogP contribution < -0.4 is 10.5 Å². The lowest BCUT2D eigenvalue weighted by atomic mass is 10.2. The molecule has 0 radical (unpaired) electrons. The van der Waals surface area contributed by atoms with Gasteiger partial charge in [0.2, 0.25) is 5.95 Å². The number of ether oxygens (including phenoxy) is 1. The fourth-order valence-corrected chi connectivity index (χ4v) is 2.09. The summed E-state index contributed by atoms with van der Waals surface area (Å²) in [5, 5.41) is 0. The Morgan fingerprint density at radius 3 is 2.47 bits per heavy atom. The first-order valence-electron chi connectivity index (χ1n) is 5.84. The van der Waals surface area contributed by atoms with E-state index in [1.807, 2.05) is 13.8 Å². The molecule has 2 unspecified atom stereocenters. The number of aromatic nitrogens is 2. The van der Waals surface area contributed by atoms with E-state index in [4.69, 9.17) is 4.74 Å². The summed E-state index contributed by atoms with van der Waals surface area (Å²) in [5.74, 6) is -0.0678. The van der Waals surface area contributed by atoms with Crippen LogP contribution in [0.2, 0.25) is 0 Å². The van der Waals surface area contributed by atoms with Crippen molar-refractivity contribution in [3.63, 3.8) is 0 Å². The Balaban J connectivity index is 2.34. The van der Waals surface area contributed by atoms with E-state index in [0.717, 1.165) is 0 Å². The van der Waals surface area contributed by atoms with Crippen LogP contribution in [-0.2, 0) is 10.9 Å². The first-order valence-corrected chi connectivity index (χ1v) is 5.84. The highest BCUT2D eigenvalue weighted by Crippen LogP contribution is 2.27. The molecule has 2 heterocycles. The second-order valence-corrected chi connectivity index (χ2v) is 4.61. The Morgan fingerprint density at radius 1 is 1.37 bits per heavy atom. The van der Waals surface area contributed by atoms with Crippen molar-refractivity contribution in [2.75, 3.05) is 18.0 Å². The van der Waals surface area contributed by atoms with E-state index in [2.05, 4.69) is 9.97 Å². The monoisotopic (exact) mass is 277 g/mol. The van der Waals surface area contributed by atoms with Crippen LogP contribution in [0.25, 0.3) is 0 Å². The van der Waals surface area contributed by atoms with E-state index in [1.165, 1.54) is 0 Å². The second kappa shape index (κ2) is 4.84. The quantitative estimate of drug-likeness (QED) is 0.843. The van der Waals surface area contributed by atoms with Gasteiger partial charge in [-0.2, -0.15) is 13.2 Å². The van der Waals surface area contributed by atoms with Crippen LogP contribution in [0.15, 0.2) is 10.9 Å². The Bertz CT molecular complexity index is 505. The summed E-state index contributed by atoms with van der Waals surface area (Å²) in [6.07, 6.45) is -4.90. The number of alkyl halides is 3.